The molecule has 3 rings (SSSR count). The van der Waals surface area contributed by atoms with Crippen LogP contribution in [0.15, 0.2) is 29.2 Å². The zero-order chi connectivity index (χ0) is 27.9. The Morgan fingerprint density at radius 1 is 0.949 bits per heavy atom. The van der Waals surface area contributed by atoms with Gasteiger partial charge in [-0.15, -0.1) is 0 Å². The maximum absolute atomic E-state index is 13.2. The van der Waals surface area contributed by atoms with Crippen LogP contribution >= 0.6 is 0 Å². The molecule has 0 aliphatic carbocycles. The third-order valence-electron chi connectivity index (χ3n) is 5.62. The van der Waals surface area contributed by atoms with Gasteiger partial charge in [0.05, 0.1) is 71.0 Å². The van der Waals surface area contributed by atoms with Crippen molar-refractivity contribution in [1.82, 2.24) is 15.1 Å². The van der Waals surface area contributed by atoms with Crippen LogP contribution in [0.25, 0.3) is 10.8 Å². The van der Waals surface area contributed by atoms with Crippen LogP contribution < -0.4 is 16.2 Å². The number of carboxylic acid groups (broad SMARTS) is 1. The minimum atomic E-state index is -1.01. The molecule has 1 aliphatic heterocycles. The quantitative estimate of drug-likeness (QED) is 0.157. The summed E-state index contributed by atoms with van der Waals surface area (Å²) in [7, 11) is 0. The second kappa shape index (κ2) is 16.5. The SMILES string of the molecule is O=C(O)COCCOCCOCCOCCOCCNc1cccc2cnn(C3CCC(=O)NC3=O)c(=O)c12. The Morgan fingerprint density at radius 2 is 1.56 bits per heavy atom. The lowest BCUT2D eigenvalue weighted by atomic mass is 10.1. The molecule has 1 unspecified atom stereocenters. The molecule has 3 N–H and O–H groups in total. The summed E-state index contributed by atoms with van der Waals surface area (Å²) in [4.78, 5) is 47.1. The minimum Gasteiger partial charge on any atom is -0.480 e. The van der Waals surface area contributed by atoms with Gasteiger partial charge in [-0.05, 0) is 12.5 Å². The number of amides is 2. The first kappa shape index (κ1) is 30.1. The summed E-state index contributed by atoms with van der Waals surface area (Å²) in [6.45, 7) is 3.40. The van der Waals surface area contributed by atoms with Crippen LogP contribution in [0.5, 0.6) is 0 Å². The minimum absolute atomic E-state index is 0.153. The molecule has 1 fully saturated rings. The molecule has 39 heavy (non-hydrogen) atoms. The Hall–Kier alpha value is -3.43. The second-order valence-corrected chi connectivity index (χ2v) is 8.45. The number of piperidine rings is 1. The van der Waals surface area contributed by atoms with Gasteiger partial charge in [0.25, 0.3) is 11.5 Å². The van der Waals surface area contributed by atoms with Crippen LogP contribution in [0.1, 0.15) is 18.9 Å². The van der Waals surface area contributed by atoms with E-state index in [-0.39, 0.29) is 32.0 Å². The topological polar surface area (TPSA) is 177 Å². The van der Waals surface area contributed by atoms with E-state index in [4.69, 9.17) is 28.8 Å². The van der Waals surface area contributed by atoms with Crippen LogP contribution in [-0.2, 0) is 38.1 Å². The summed E-state index contributed by atoms with van der Waals surface area (Å²) in [5.74, 6) is -1.90. The zero-order valence-corrected chi connectivity index (χ0v) is 21.6. The number of benzene rings is 1. The second-order valence-electron chi connectivity index (χ2n) is 8.45. The number of rotatable bonds is 19. The number of carbonyl (C=O) groups is 3. The summed E-state index contributed by atoms with van der Waals surface area (Å²) in [5.41, 5.74) is 0.202. The van der Waals surface area contributed by atoms with Crippen LogP contribution in [-0.4, -0.2) is 105 Å². The molecular formula is C25H34N4O10. The standard InChI is InChI=1S/C25H34N4O10/c30-21-5-4-20(24(33)28-21)29-25(34)23-18(16-27-29)2-1-3-19(23)26-6-7-35-8-9-36-10-11-37-12-13-38-14-15-39-17-22(31)32/h1-3,16,20,26H,4-15,17H2,(H,31,32)(H,28,30,33). The van der Waals surface area contributed by atoms with Gasteiger partial charge in [-0.3, -0.25) is 19.7 Å². The molecule has 14 nitrogen and oxygen atoms in total. The maximum Gasteiger partial charge on any atom is 0.329 e. The third-order valence-corrected chi connectivity index (χ3v) is 5.62. The fraction of sp³-hybridized carbons (Fsp3) is 0.560. The van der Waals surface area contributed by atoms with Crippen LogP contribution in [0.4, 0.5) is 5.69 Å². The molecule has 1 aromatic heterocycles. The van der Waals surface area contributed by atoms with Crippen molar-refractivity contribution in [3.8, 4) is 0 Å². The van der Waals surface area contributed by atoms with E-state index in [1.165, 1.54) is 6.20 Å². The van der Waals surface area contributed by atoms with E-state index < -0.39 is 23.5 Å². The number of imide groups is 1. The van der Waals surface area contributed by atoms with Crippen LogP contribution in [0.2, 0.25) is 0 Å². The highest BCUT2D eigenvalue weighted by Gasteiger charge is 2.30. The molecule has 2 amide bonds. The molecule has 0 spiro atoms. The molecule has 214 valence electrons. The number of nitrogens with one attached hydrogen (secondary N) is 2. The molecule has 2 heterocycles. The number of fused-ring (bicyclic) bond motifs is 1. The Balaban J connectivity index is 1.28. The van der Waals surface area contributed by atoms with Crippen molar-refractivity contribution in [3.05, 3.63) is 34.7 Å². The molecular weight excluding hydrogens is 516 g/mol. The maximum atomic E-state index is 13.2. The monoisotopic (exact) mass is 550 g/mol. The van der Waals surface area contributed by atoms with E-state index in [9.17, 15) is 19.2 Å². The van der Waals surface area contributed by atoms with Gasteiger partial charge in [-0.2, -0.15) is 5.10 Å². The number of ether oxygens (including phenoxy) is 5. The Labute approximate surface area is 224 Å². The smallest absolute Gasteiger partial charge is 0.329 e. The van der Waals surface area contributed by atoms with Gasteiger partial charge in [0.15, 0.2) is 0 Å². The molecule has 1 atom stereocenters. The fourth-order valence-corrected chi connectivity index (χ4v) is 3.79. The van der Waals surface area contributed by atoms with Crippen molar-refractivity contribution in [1.29, 1.82) is 0 Å². The Morgan fingerprint density at radius 3 is 2.18 bits per heavy atom. The molecule has 0 bridgehead atoms. The molecule has 1 aromatic carbocycles. The third kappa shape index (κ3) is 10.00. The number of aromatic nitrogens is 2. The van der Waals surface area contributed by atoms with Gasteiger partial charge < -0.3 is 34.1 Å². The number of hydrogen-bond acceptors (Lipinski definition) is 11. The molecule has 14 heteroatoms. The molecule has 1 aliphatic rings. The van der Waals surface area contributed by atoms with Gasteiger partial charge in [0.1, 0.15) is 12.6 Å². The number of anilines is 1. The van der Waals surface area contributed by atoms with Crippen molar-refractivity contribution in [2.24, 2.45) is 0 Å². The molecule has 0 radical (unpaired) electrons. The Bertz CT molecular complexity index is 1160. The highest BCUT2D eigenvalue weighted by Crippen LogP contribution is 2.21. The first-order valence-electron chi connectivity index (χ1n) is 12.7. The number of aliphatic carboxylic acids is 1. The highest BCUT2D eigenvalue weighted by molar-refractivity contribution is 5.99. The summed E-state index contributed by atoms with van der Waals surface area (Å²) >= 11 is 0. The molecule has 0 saturated carbocycles. The summed E-state index contributed by atoms with van der Waals surface area (Å²) in [6, 6.07) is 4.53. The zero-order valence-electron chi connectivity index (χ0n) is 21.6. The van der Waals surface area contributed by atoms with Crippen molar-refractivity contribution in [2.75, 3.05) is 77.9 Å². The lowest BCUT2D eigenvalue weighted by Crippen LogP contribution is -2.45. The van der Waals surface area contributed by atoms with Crippen LogP contribution in [0, 0.1) is 0 Å². The number of carboxylic acids is 1. The van der Waals surface area contributed by atoms with E-state index in [0.29, 0.717) is 75.9 Å². The average Bonchev–Trinajstić information content (AvgIpc) is 2.91. The van der Waals surface area contributed by atoms with Gasteiger partial charge in [-0.25, -0.2) is 9.48 Å². The predicted octanol–water partition coefficient (Wildman–Crippen LogP) is -0.0463. The van der Waals surface area contributed by atoms with Gasteiger partial charge in [0.2, 0.25) is 5.91 Å². The Kier molecular flexibility index (Phi) is 12.8. The van der Waals surface area contributed by atoms with Gasteiger partial charge in [0, 0.05) is 24.0 Å². The summed E-state index contributed by atoms with van der Waals surface area (Å²) in [5, 5.41) is 19.1. The van der Waals surface area contributed by atoms with Crippen molar-refractivity contribution >= 4 is 34.2 Å². The van der Waals surface area contributed by atoms with Gasteiger partial charge >= 0.3 is 5.97 Å². The predicted molar refractivity (Wildman–Crippen MR) is 138 cm³/mol. The summed E-state index contributed by atoms with van der Waals surface area (Å²) in [6.07, 6.45) is 1.92. The van der Waals surface area contributed by atoms with Crippen molar-refractivity contribution in [2.45, 2.75) is 18.9 Å². The van der Waals surface area contributed by atoms with E-state index >= 15 is 0 Å². The average molecular weight is 551 g/mol. The van der Waals surface area contributed by atoms with Crippen LogP contribution in [0.3, 0.4) is 0 Å². The lowest BCUT2D eigenvalue weighted by Gasteiger charge is -2.22. The van der Waals surface area contributed by atoms with E-state index in [2.05, 4.69) is 15.7 Å². The summed E-state index contributed by atoms with van der Waals surface area (Å²) < 4.78 is 27.6. The van der Waals surface area contributed by atoms with Gasteiger partial charge in [-0.1, -0.05) is 12.1 Å². The molecule has 1 saturated heterocycles. The van der Waals surface area contributed by atoms with E-state index in [1.54, 1.807) is 12.1 Å². The first-order valence-corrected chi connectivity index (χ1v) is 12.7. The largest absolute Gasteiger partial charge is 0.480 e. The number of carbonyl (C=O) groups excluding carboxylic acids is 2. The lowest BCUT2D eigenvalue weighted by molar-refractivity contribution is -0.143. The molecule has 2 aromatic rings. The first-order chi connectivity index (χ1) is 19.0. The van der Waals surface area contributed by atoms with E-state index in [0.717, 1.165) is 4.68 Å². The highest BCUT2D eigenvalue weighted by atomic mass is 16.6. The fourth-order valence-electron chi connectivity index (χ4n) is 3.79. The van der Waals surface area contributed by atoms with Crippen molar-refractivity contribution < 1.29 is 43.2 Å². The van der Waals surface area contributed by atoms with Crippen molar-refractivity contribution in [3.63, 3.8) is 0 Å². The number of nitrogens with zero attached hydrogens (tertiary/aromatic N) is 2. The number of hydrogen-bond donors (Lipinski definition) is 3. The van der Waals surface area contributed by atoms with E-state index in [1.807, 2.05) is 6.07 Å². The normalized spacial score (nSPS) is 15.4.